The first-order chi connectivity index (χ1) is 9.87. The maximum atomic E-state index is 12.6. The predicted molar refractivity (Wildman–Crippen MR) is 93.4 cm³/mol. The molecule has 1 fully saturated rings. The van der Waals surface area contributed by atoms with Crippen molar-refractivity contribution in [1.82, 2.24) is 10.2 Å². The van der Waals surface area contributed by atoms with Crippen LogP contribution in [0.4, 0.5) is 13.2 Å². The van der Waals surface area contributed by atoms with Crippen LogP contribution in [0.2, 0.25) is 10.0 Å². The van der Waals surface area contributed by atoms with Gasteiger partial charge >= 0.3 is 6.18 Å². The molecule has 1 aromatic carbocycles. The average Bonchev–Trinajstić information content (AvgIpc) is 2.41. The van der Waals surface area contributed by atoms with Crippen molar-refractivity contribution in [2.24, 2.45) is 0 Å². The Balaban J connectivity index is 0.00000242. The van der Waals surface area contributed by atoms with Gasteiger partial charge in [-0.2, -0.15) is 13.2 Å². The lowest BCUT2D eigenvalue weighted by Crippen LogP contribution is -2.45. The van der Waals surface area contributed by atoms with E-state index in [-0.39, 0.29) is 37.3 Å². The molecule has 0 unspecified atom stereocenters. The summed E-state index contributed by atoms with van der Waals surface area (Å²) in [4.78, 5) is 2.05. The van der Waals surface area contributed by atoms with Crippen LogP contribution < -0.4 is 5.32 Å². The second-order valence-electron chi connectivity index (χ2n) is 5.12. The fraction of sp³-hybridized carbons (Fsp3) is 0.571. The fourth-order valence-electron chi connectivity index (χ4n) is 2.60. The Kier molecular flexibility index (Phi) is 10.2. The molecule has 1 atom stereocenters. The summed E-state index contributed by atoms with van der Waals surface area (Å²) in [6.07, 6.45) is -4.98. The van der Waals surface area contributed by atoms with Crippen LogP contribution in [0.25, 0.3) is 0 Å². The zero-order valence-electron chi connectivity index (χ0n) is 12.2. The summed E-state index contributed by atoms with van der Waals surface area (Å²) < 4.78 is 37.7. The van der Waals surface area contributed by atoms with Gasteiger partial charge in [0, 0.05) is 48.7 Å². The zero-order valence-corrected chi connectivity index (χ0v) is 15.4. The zero-order chi connectivity index (χ0) is 15.5. The predicted octanol–water partition coefficient (Wildman–Crippen LogP) is 5.13. The lowest BCUT2D eigenvalue weighted by Gasteiger charge is -2.36. The molecule has 0 spiro atoms. The largest absolute Gasteiger partial charge is 0.389 e. The van der Waals surface area contributed by atoms with E-state index in [0.717, 1.165) is 13.1 Å². The number of alkyl halides is 3. The molecule has 0 aliphatic carbocycles. The van der Waals surface area contributed by atoms with Gasteiger partial charge in [0.1, 0.15) is 0 Å². The van der Waals surface area contributed by atoms with Gasteiger partial charge in [0.25, 0.3) is 0 Å². The molecule has 2 rings (SSSR count). The number of hydrogen-bond acceptors (Lipinski definition) is 2. The number of piperazine rings is 1. The summed E-state index contributed by atoms with van der Waals surface area (Å²) in [7, 11) is 0. The molecule has 1 aliphatic rings. The highest BCUT2D eigenvalue weighted by atomic mass is 35.5. The summed E-state index contributed by atoms with van der Waals surface area (Å²) >= 11 is 12.1. The molecule has 1 aliphatic heterocycles. The molecular formula is C14H19Cl4F3N2. The van der Waals surface area contributed by atoms with Gasteiger partial charge < -0.3 is 5.32 Å². The minimum absolute atomic E-state index is 0. The van der Waals surface area contributed by atoms with Crippen molar-refractivity contribution in [3.8, 4) is 0 Å². The van der Waals surface area contributed by atoms with E-state index in [0.29, 0.717) is 28.7 Å². The van der Waals surface area contributed by atoms with Crippen LogP contribution in [0, 0.1) is 0 Å². The van der Waals surface area contributed by atoms with Crippen LogP contribution in [0.3, 0.4) is 0 Å². The van der Waals surface area contributed by atoms with Crippen LogP contribution in [-0.2, 0) is 0 Å². The average molecular weight is 414 g/mol. The van der Waals surface area contributed by atoms with Crippen molar-refractivity contribution in [2.75, 3.05) is 26.2 Å². The highest BCUT2D eigenvalue weighted by Crippen LogP contribution is 2.35. The lowest BCUT2D eigenvalue weighted by atomic mass is 9.99. The van der Waals surface area contributed by atoms with Gasteiger partial charge in [0.15, 0.2) is 0 Å². The minimum Gasteiger partial charge on any atom is -0.314 e. The minimum atomic E-state index is -4.16. The Morgan fingerprint density at radius 2 is 1.74 bits per heavy atom. The molecule has 0 radical (unpaired) electrons. The molecule has 134 valence electrons. The third-order valence-corrected chi connectivity index (χ3v) is 4.18. The van der Waals surface area contributed by atoms with Crippen molar-refractivity contribution >= 4 is 48.0 Å². The van der Waals surface area contributed by atoms with Gasteiger partial charge in [-0.25, -0.2) is 0 Å². The monoisotopic (exact) mass is 412 g/mol. The standard InChI is InChI=1S/C14H17Cl2F3N2.2ClH/c15-10-1-2-11(12(16)9-10)13(3-4-14(17,18)19)21-7-5-20-6-8-21;;/h1-2,9,13,20H,3-8H2;2*1H/t13-;;/m0../s1. The first kappa shape index (κ1) is 23.1. The fourth-order valence-corrected chi connectivity index (χ4v) is 3.14. The molecule has 0 saturated carbocycles. The van der Waals surface area contributed by atoms with Crippen molar-refractivity contribution in [1.29, 1.82) is 0 Å². The molecule has 1 aromatic rings. The van der Waals surface area contributed by atoms with Gasteiger partial charge in [-0.15, -0.1) is 24.8 Å². The van der Waals surface area contributed by atoms with Crippen LogP contribution in [0.5, 0.6) is 0 Å². The van der Waals surface area contributed by atoms with Gasteiger partial charge in [0.05, 0.1) is 0 Å². The lowest BCUT2D eigenvalue weighted by molar-refractivity contribution is -0.138. The number of benzene rings is 1. The van der Waals surface area contributed by atoms with Crippen molar-refractivity contribution in [3.05, 3.63) is 33.8 Å². The summed E-state index contributed by atoms with van der Waals surface area (Å²) in [5.74, 6) is 0. The van der Waals surface area contributed by atoms with Gasteiger partial charge in [-0.3, -0.25) is 4.90 Å². The number of rotatable bonds is 4. The van der Waals surface area contributed by atoms with E-state index in [4.69, 9.17) is 23.2 Å². The van der Waals surface area contributed by atoms with E-state index in [2.05, 4.69) is 10.2 Å². The summed E-state index contributed by atoms with van der Waals surface area (Å²) in [5, 5.41) is 4.11. The number of halogens is 7. The van der Waals surface area contributed by atoms with E-state index in [1.807, 2.05) is 0 Å². The van der Waals surface area contributed by atoms with Crippen LogP contribution in [0.15, 0.2) is 18.2 Å². The molecule has 9 heteroatoms. The van der Waals surface area contributed by atoms with Crippen LogP contribution in [0.1, 0.15) is 24.4 Å². The Hall–Kier alpha value is 0.0900. The molecule has 0 amide bonds. The Morgan fingerprint density at radius 1 is 1.13 bits per heavy atom. The maximum Gasteiger partial charge on any atom is 0.389 e. The molecular weight excluding hydrogens is 395 g/mol. The molecule has 1 heterocycles. The smallest absolute Gasteiger partial charge is 0.314 e. The third kappa shape index (κ3) is 7.24. The topological polar surface area (TPSA) is 15.3 Å². The SMILES string of the molecule is Cl.Cl.FC(F)(F)CC[C@@H](c1ccc(Cl)cc1Cl)N1CCNCC1. The summed E-state index contributed by atoms with van der Waals surface area (Å²) in [6.45, 7) is 2.96. The van der Waals surface area contributed by atoms with E-state index >= 15 is 0 Å². The van der Waals surface area contributed by atoms with E-state index in [1.54, 1.807) is 18.2 Å². The maximum absolute atomic E-state index is 12.6. The summed E-state index contributed by atoms with van der Waals surface area (Å²) in [5.41, 5.74) is 0.715. The van der Waals surface area contributed by atoms with Gasteiger partial charge in [0.2, 0.25) is 0 Å². The Bertz CT molecular complexity index is 480. The van der Waals surface area contributed by atoms with Crippen molar-refractivity contribution in [3.63, 3.8) is 0 Å². The van der Waals surface area contributed by atoms with Crippen molar-refractivity contribution in [2.45, 2.75) is 25.1 Å². The molecule has 23 heavy (non-hydrogen) atoms. The Morgan fingerprint density at radius 3 is 2.26 bits per heavy atom. The van der Waals surface area contributed by atoms with E-state index < -0.39 is 12.6 Å². The number of hydrogen-bond donors (Lipinski definition) is 1. The Labute approximate surface area is 156 Å². The van der Waals surface area contributed by atoms with Crippen molar-refractivity contribution < 1.29 is 13.2 Å². The molecule has 1 saturated heterocycles. The molecule has 1 N–H and O–H groups in total. The third-order valence-electron chi connectivity index (χ3n) is 3.62. The van der Waals surface area contributed by atoms with E-state index in [9.17, 15) is 13.2 Å². The number of nitrogens with one attached hydrogen (secondary N) is 1. The highest BCUT2D eigenvalue weighted by molar-refractivity contribution is 6.35. The van der Waals surface area contributed by atoms with Gasteiger partial charge in [-0.1, -0.05) is 29.3 Å². The quantitative estimate of drug-likeness (QED) is 0.736. The highest BCUT2D eigenvalue weighted by Gasteiger charge is 2.32. The number of nitrogens with zero attached hydrogens (tertiary/aromatic N) is 1. The van der Waals surface area contributed by atoms with Crippen LogP contribution in [-0.4, -0.2) is 37.3 Å². The molecule has 0 bridgehead atoms. The first-order valence-corrected chi connectivity index (χ1v) is 7.59. The van der Waals surface area contributed by atoms with Gasteiger partial charge in [-0.05, 0) is 24.1 Å². The first-order valence-electron chi connectivity index (χ1n) is 6.83. The second-order valence-corrected chi connectivity index (χ2v) is 5.97. The normalized spacial score (nSPS) is 17.1. The second kappa shape index (κ2) is 10.2. The molecule has 2 nitrogen and oxygen atoms in total. The van der Waals surface area contributed by atoms with E-state index in [1.165, 1.54) is 0 Å². The van der Waals surface area contributed by atoms with Crippen LogP contribution >= 0.6 is 48.0 Å². The summed E-state index contributed by atoms with van der Waals surface area (Å²) in [6, 6.07) is 4.65. The molecule has 0 aromatic heterocycles.